The molecule has 1 atom stereocenters. The predicted octanol–water partition coefficient (Wildman–Crippen LogP) is 4.23. The zero-order valence-electron chi connectivity index (χ0n) is 20.7. The SMILES string of the molecule is Cc1ccc(N2C(=O)C(O[Si](c3ccccc3)(c3ccccc3)C(C)(C)C)C(C)(C)C2=O)nc1. The molecule has 2 heterocycles. The van der Waals surface area contributed by atoms with Crippen LogP contribution in [0.1, 0.15) is 40.2 Å². The summed E-state index contributed by atoms with van der Waals surface area (Å²) in [6, 6.07) is 23.9. The average molecular weight is 473 g/mol. The van der Waals surface area contributed by atoms with Crippen LogP contribution >= 0.6 is 0 Å². The molecule has 0 saturated carbocycles. The molecular weight excluding hydrogens is 440 g/mol. The Morgan fingerprint density at radius 1 is 0.882 bits per heavy atom. The maximum atomic E-state index is 13.8. The molecule has 1 unspecified atom stereocenters. The quantitative estimate of drug-likeness (QED) is 0.412. The zero-order chi connectivity index (χ0) is 24.7. The van der Waals surface area contributed by atoms with E-state index in [1.807, 2.05) is 49.4 Å². The van der Waals surface area contributed by atoms with Crippen molar-refractivity contribution in [1.29, 1.82) is 0 Å². The summed E-state index contributed by atoms with van der Waals surface area (Å²) >= 11 is 0. The summed E-state index contributed by atoms with van der Waals surface area (Å²) < 4.78 is 7.11. The third-order valence-electron chi connectivity index (χ3n) is 6.69. The van der Waals surface area contributed by atoms with E-state index in [-0.39, 0.29) is 16.9 Å². The Kier molecular flexibility index (Phi) is 6.08. The second-order valence-corrected chi connectivity index (χ2v) is 14.8. The molecule has 34 heavy (non-hydrogen) atoms. The van der Waals surface area contributed by atoms with Crippen molar-refractivity contribution in [3.8, 4) is 0 Å². The first kappa shape index (κ1) is 24.0. The minimum Gasteiger partial charge on any atom is -0.394 e. The maximum absolute atomic E-state index is 13.8. The molecule has 176 valence electrons. The molecule has 3 aromatic rings. The minimum absolute atomic E-state index is 0.295. The normalized spacial score (nSPS) is 18.4. The van der Waals surface area contributed by atoms with Crippen LogP contribution in [-0.4, -0.2) is 31.2 Å². The van der Waals surface area contributed by atoms with Gasteiger partial charge >= 0.3 is 0 Å². The zero-order valence-corrected chi connectivity index (χ0v) is 21.7. The summed E-state index contributed by atoms with van der Waals surface area (Å²) in [5.41, 5.74) is -0.0845. The Labute approximate surface area is 202 Å². The monoisotopic (exact) mass is 472 g/mol. The van der Waals surface area contributed by atoms with Crippen molar-refractivity contribution < 1.29 is 14.0 Å². The fourth-order valence-corrected chi connectivity index (χ4v) is 9.57. The number of hydrogen-bond acceptors (Lipinski definition) is 4. The summed E-state index contributed by atoms with van der Waals surface area (Å²) in [6.45, 7) is 12.0. The van der Waals surface area contributed by atoms with Gasteiger partial charge in [0.25, 0.3) is 14.2 Å². The van der Waals surface area contributed by atoms with Crippen molar-refractivity contribution in [2.75, 3.05) is 4.90 Å². The molecule has 1 saturated heterocycles. The van der Waals surface area contributed by atoms with Crippen LogP contribution in [0.3, 0.4) is 0 Å². The highest BCUT2D eigenvalue weighted by Crippen LogP contribution is 2.43. The number of pyridine rings is 1. The third kappa shape index (κ3) is 3.81. The molecule has 5 nitrogen and oxygen atoms in total. The van der Waals surface area contributed by atoms with Gasteiger partial charge in [0, 0.05) is 6.20 Å². The topological polar surface area (TPSA) is 59.5 Å². The number of carbonyl (C=O) groups is 2. The molecule has 0 bridgehead atoms. The molecule has 2 amide bonds. The van der Waals surface area contributed by atoms with Gasteiger partial charge in [-0.15, -0.1) is 0 Å². The van der Waals surface area contributed by atoms with E-state index < -0.39 is 19.8 Å². The average Bonchev–Trinajstić information content (AvgIpc) is 2.97. The van der Waals surface area contributed by atoms with Gasteiger partial charge in [0.05, 0.1) is 5.41 Å². The van der Waals surface area contributed by atoms with Gasteiger partial charge in [0.15, 0.2) is 0 Å². The van der Waals surface area contributed by atoms with Crippen molar-refractivity contribution >= 4 is 36.3 Å². The number of amides is 2. The lowest BCUT2D eigenvalue weighted by molar-refractivity contribution is -0.128. The molecule has 0 N–H and O–H groups in total. The lowest BCUT2D eigenvalue weighted by Gasteiger charge is -2.45. The predicted molar refractivity (Wildman–Crippen MR) is 138 cm³/mol. The van der Waals surface area contributed by atoms with Gasteiger partial charge in [0.2, 0.25) is 5.91 Å². The molecule has 6 heteroatoms. The summed E-state index contributed by atoms with van der Waals surface area (Å²) in [4.78, 5) is 32.9. The molecule has 4 rings (SSSR count). The molecule has 1 aliphatic rings. The van der Waals surface area contributed by atoms with Crippen molar-refractivity contribution in [2.24, 2.45) is 5.41 Å². The van der Waals surface area contributed by atoms with E-state index in [0.29, 0.717) is 5.82 Å². The second-order valence-electron chi connectivity index (χ2n) is 10.6. The number of benzene rings is 2. The highest BCUT2D eigenvalue weighted by molar-refractivity contribution is 6.99. The Balaban J connectivity index is 1.88. The largest absolute Gasteiger partial charge is 0.394 e. The molecule has 1 fully saturated rings. The molecule has 1 aromatic heterocycles. The number of nitrogens with zero attached hydrogens (tertiary/aromatic N) is 2. The van der Waals surface area contributed by atoms with Gasteiger partial charge in [-0.3, -0.25) is 9.59 Å². The van der Waals surface area contributed by atoms with Crippen LogP contribution in [-0.2, 0) is 14.0 Å². The number of rotatable bonds is 5. The van der Waals surface area contributed by atoms with Crippen LogP contribution in [0.5, 0.6) is 0 Å². The van der Waals surface area contributed by atoms with Gasteiger partial charge in [-0.25, -0.2) is 9.88 Å². The Hall–Kier alpha value is -3.09. The summed E-state index contributed by atoms with van der Waals surface area (Å²) in [5, 5.41) is 1.82. The Morgan fingerprint density at radius 3 is 1.85 bits per heavy atom. The highest BCUT2D eigenvalue weighted by Gasteiger charge is 2.61. The first-order valence-corrected chi connectivity index (χ1v) is 13.5. The van der Waals surface area contributed by atoms with Crippen LogP contribution < -0.4 is 15.3 Å². The van der Waals surface area contributed by atoms with Crippen molar-refractivity contribution in [2.45, 2.75) is 52.7 Å². The van der Waals surface area contributed by atoms with E-state index in [0.717, 1.165) is 15.9 Å². The van der Waals surface area contributed by atoms with E-state index in [2.05, 4.69) is 50.0 Å². The molecule has 2 aromatic carbocycles. The fourth-order valence-electron chi connectivity index (χ4n) is 4.80. The fraction of sp³-hybridized carbons (Fsp3) is 0.321. The van der Waals surface area contributed by atoms with E-state index in [9.17, 15) is 9.59 Å². The van der Waals surface area contributed by atoms with Crippen LogP contribution in [0, 0.1) is 12.3 Å². The number of aromatic nitrogens is 1. The van der Waals surface area contributed by atoms with Crippen molar-refractivity contribution in [3.63, 3.8) is 0 Å². The molecule has 0 aliphatic carbocycles. The third-order valence-corrected chi connectivity index (χ3v) is 11.7. The minimum atomic E-state index is -3.03. The van der Waals surface area contributed by atoms with Crippen LogP contribution in [0.4, 0.5) is 5.82 Å². The smallest absolute Gasteiger partial charge is 0.264 e. The van der Waals surface area contributed by atoms with Gasteiger partial charge in [-0.2, -0.15) is 0 Å². The van der Waals surface area contributed by atoms with Gasteiger partial charge in [0.1, 0.15) is 11.9 Å². The standard InChI is InChI=1S/C28H32N2O3Si/c1-20-17-18-23(29-19-20)30-25(31)24(28(5,6)26(30)32)33-34(27(2,3)4,21-13-9-7-10-14-21)22-15-11-8-12-16-22/h7-19,24H,1-6H3. The van der Waals surface area contributed by atoms with E-state index >= 15 is 0 Å². The van der Waals surface area contributed by atoms with E-state index in [4.69, 9.17) is 4.43 Å². The molecular formula is C28H32N2O3Si. The molecule has 0 radical (unpaired) electrons. The number of anilines is 1. The Bertz CT molecular complexity index is 1150. The number of aryl methyl sites for hydroxylation is 1. The summed E-state index contributed by atoms with van der Waals surface area (Å²) in [6.07, 6.45) is 0.730. The molecule has 1 aliphatic heterocycles. The van der Waals surface area contributed by atoms with Crippen LogP contribution in [0.2, 0.25) is 5.04 Å². The Morgan fingerprint density at radius 2 is 1.41 bits per heavy atom. The van der Waals surface area contributed by atoms with Crippen molar-refractivity contribution in [3.05, 3.63) is 84.6 Å². The first-order valence-electron chi connectivity index (χ1n) is 11.6. The molecule has 0 spiro atoms. The van der Waals surface area contributed by atoms with Crippen molar-refractivity contribution in [1.82, 2.24) is 4.98 Å². The van der Waals surface area contributed by atoms with Crippen LogP contribution in [0.25, 0.3) is 0 Å². The maximum Gasteiger partial charge on any atom is 0.264 e. The number of carbonyl (C=O) groups excluding carboxylic acids is 2. The van der Waals surface area contributed by atoms with E-state index in [1.165, 1.54) is 4.90 Å². The van der Waals surface area contributed by atoms with Gasteiger partial charge in [-0.05, 0) is 47.8 Å². The summed E-state index contributed by atoms with van der Waals surface area (Å²) in [5.74, 6) is -0.321. The van der Waals surface area contributed by atoms with Gasteiger partial charge in [-0.1, -0.05) is 87.5 Å². The number of hydrogen-bond donors (Lipinski definition) is 0. The van der Waals surface area contributed by atoms with Gasteiger partial charge < -0.3 is 4.43 Å². The summed E-state index contributed by atoms with van der Waals surface area (Å²) in [7, 11) is -3.03. The highest BCUT2D eigenvalue weighted by atomic mass is 28.4. The first-order chi connectivity index (χ1) is 16.0. The lowest BCUT2D eigenvalue weighted by Crippen LogP contribution is -2.69. The van der Waals surface area contributed by atoms with E-state index in [1.54, 1.807) is 26.1 Å². The lowest BCUT2D eigenvalue weighted by atomic mass is 9.89. The number of imide groups is 1. The van der Waals surface area contributed by atoms with Crippen LogP contribution in [0.15, 0.2) is 79.0 Å². The second kappa shape index (κ2) is 8.60.